The first-order chi connectivity index (χ1) is 8.59. The van der Waals surface area contributed by atoms with Crippen molar-refractivity contribution in [1.29, 1.82) is 0 Å². The highest BCUT2D eigenvalue weighted by molar-refractivity contribution is 6.01. The van der Waals surface area contributed by atoms with E-state index in [0.717, 1.165) is 35.4 Å². The highest BCUT2D eigenvalue weighted by Gasteiger charge is 2.07. The molecule has 1 heterocycles. The van der Waals surface area contributed by atoms with Gasteiger partial charge in [-0.15, -0.1) is 0 Å². The van der Waals surface area contributed by atoms with Crippen LogP contribution in [0.3, 0.4) is 0 Å². The number of nitrogens with two attached hydrogens (primary N) is 1. The van der Waals surface area contributed by atoms with Crippen LogP contribution in [0.2, 0.25) is 0 Å². The topological polar surface area (TPSA) is 54.2 Å². The highest BCUT2D eigenvalue weighted by atomic mass is 15.1. The van der Waals surface area contributed by atoms with E-state index in [4.69, 9.17) is 5.73 Å². The third-order valence-corrected chi connectivity index (χ3v) is 3.02. The zero-order valence-corrected chi connectivity index (χ0v) is 11.2. The third-order valence-electron chi connectivity index (χ3n) is 3.02. The normalized spacial score (nSPS) is 11.1. The Labute approximate surface area is 108 Å². The monoisotopic (exact) mass is 244 g/mol. The first-order valence-corrected chi connectivity index (χ1v) is 6.12. The quantitative estimate of drug-likeness (QED) is 0.809. The van der Waals surface area contributed by atoms with Crippen LogP contribution < -0.4 is 11.1 Å². The molecule has 4 heteroatoms. The Morgan fingerprint density at radius 2 is 2.06 bits per heavy atom. The molecule has 2 rings (SSSR count). The van der Waals surface area contributed by atoms with Crippen LogP contribution in [0.25, 0.3) is 10.8 Å². The number of hydrogen-bond donors (Lipinski definition) is 2. The van der Waals surface area contributed by atoms with Crippen LogP contribution in [0, 0.1) is 6.92 Å². The number of nitrogens with one attached hydrogen (secondary N) is 1. The summed E-state index contributed by atoms with van der Waals surface area (Å²) in [6, 6.07) is 5.95. The van der Waals surface area contributed by atoms with Gasteiger partial charge in [0.15, 0.2) is 0 Å². The summed E-state index contributed by atoms with van der Waals surface area (Å²) >= 11 is 0. The number of anilines is 2. The summed E-state index contributed by atoms with van der Waals surface area (Å²) in [5.74, 6) is 0.916. The van der Waals surface area contributed by atoms with E-state index in [2.05, 4.69) is 36.2 Å². The molecule has 0 atom stereocenters. The van der Waals surface area contributed by atoms with Crippen LogP contribution in [0.5, 0.6) is 0 Å². The molecule has 0 bridgehead atoms. The van der Waals surface area contributed by atoms with E-state index in [1.807, 2.05) is 18.2 Å². The van der Waals surface area contributed by atoms with Crippen molar-refractivity contribution in [2.45, 2.75) is 6.92 Å². The van der Waals surface area contributed by atoms with E-state index in [1.165, 1.54) is 5.56 Å². The number of benzene rings is 1. The Bertz CT molecular complexity index is 549. The van der Waals surface area contributed by atoms with Gasteiger partial charge in [-0.1, -0.05) is 6.07 Å². The van der Waals surface area contributed by atoms with Crippen molar-refractivity contribution in [2.75, 3.05) is 38.2 Å². The largest absolute Gasteiger partial charge is 0.398 e. The molecule has 0 saturated carbocycles. The van der Waals surface area contributed by atoms with E-state index in [-0.39, 0.29) is 0 Å². The molecule has 0 aliphatic rings. The molecular weight excluding hydrogens is 224 g/mol. The van der Waals surface area contributed by atoms with Crippen LogP contribution in [-0.4, -0.2) is 37.1 Å². The lowest BCUT2D eigenvalue weighted by Gasteiger charge is -2.14. The van der Waals surface area contributed by atoms with Gasteiger partial charge in [0.25, 0.3) is 0 Å². The zero-order chi connectivity index (χ0) is 13.1. The lowest BCUT2D eigenvalue weighted by molar-refractivity contribution is 0.425. The summed E-state index contributed by atoms with van der Waals surface area (Å²) in [6.07, 6.45) is 1.80. The minimum Gasteiger partial charge on any atom is -0.398 e. The number of nitrogens with zero attached hydrogens (tertiary/aromatic N) is 2. The molecule has 18 heavy (non-hydrogen) atoms. The molecule has 0 saturated heterocycles. The predicted molar refractivity (Wildman–Crippen MR) is 77.9 cm³/mol. The second-order valence-electron chi connectivity index (χ2n) is 4.78. The maximum Gasteiger partial charge on any atom is 0.134 e. The third kappa shape index (κ3) is 2.54. The fraction of sp³-hybridized carbons (Fsp3) is 0.357. The Balaban J connectivity index is 2.36. The van der Waals surface area contributed by atoms with Gasteiger partial charge in [-0.3, -0.25) is 0 Å². The number of fused-ring (bicyclic) bond motifs is 1. The molecule has 0 fully saturated rings. The van der Waals surface area contributed by atoms with Crippen LogP contribution in [0.15, 0.2) is 24.4 Å². The highest BCUT2D eigenvalue weighted by Crippen LogP contribution is 2.28. The lowest BCUT2D eigenvalue weighted by atomic mass is 10.1. The predicted octanol–water partition coefficient (Wildman–Crippen LogP) is 2.10. The maximum atomic E-state index is 6.01. The number of aryl methyl sites for hydroxylation is 1. The van der Waals surface area contributed by atoms with E-state index < -0.39 is 0 Å². The lowest BCUT2D eigenvalue weighted by Crippen LogP contribution is -2.21. The SMILES string of the molecule is Cc1ccc(N)c2ccnc(NCCN(C)C)c12. The van der Waals surface area contributed by atoms with Crippen molar-refractivity contribution in [3.05, 3.63) is 30.0 Å². The molecule has 0 amide bonds. The number of nitrogen functional groups attached to an aromatic ring is 1. The maximum absolute atomic E-state index is 6.01. The molecule has 3 N–H and O–H groups in total. The Kier molecular flexibility index (Phi) is 3.67. The molecule has 1 aromatic carbocycles. The van der Waals surface area contributed by atoms with E-state index in [9.17, 15) is 0 Å². The average Bonchev–Trinajstić information content (AvgIpc) is 2.33. The van der Waals surface area contributed by atoms with E-state index in [1.54, 1.807) is 6.20 Å². The van der Waals surface area contributed by atoms with Gasteiger partial charge in [0, 0.05) is 35.7 Å². The van der Waals surface area contributed by atoms with Crippen molar-refractivity contribution >= 4 is 22.3 Å². The summed E-state index contributed by atoms with van der Waals surface area (Å²) in [5, 5.41) is 5.57. The van der Waals surface area contributed by atoms with Crippen LogP contribution in [0.1, 0.15) is 5.56 Å². The molecule has 0 spiro atoms. The minimum atomic E-state index is 0.800. The molecule has 0 aliphatic heterocycles. The van der Waals surface area contributed by atoms with Gasteiger partial charge in [0.05, 0.1) is 0 Å². The van der Waals surface area contributed by atoms with Crippen molar-refractivity contribution in [1.82, 2.24) is 9.88 Å². The standard InChI is InChI=1S/C14H20N4/c1-10-4-5-12(15)11-6-7-16-14(13(10)11)17-8-9-18(2)3/h4-7H,8-9,15H2,1-3H3,(H,16,17). The van der Waals surface area contributed by atoms with Gasteiger partial charge in [-0.25, -0.2) is 4.98 Å². The molecular formula is C14H20N4. The first-order valence-electron chi connectivity index (χ1n) is 6.12. The Morgan fingerprint density at radius 3 is 2.78 bits per heavy atom. The van der Waals surface area contributed by atoms with Crippen LogP contribution >= 0.6 is 0 Å². The summed E-state index contributed by atoms with van der Waals surface area (Å²) in [5.41, 5.74) is 8.00. The fourth-order valence-electron chi connectivity index (χ4n) is 2.02. The second kappa shape index (κ2) is 5.23. The Hall–Kier alpha value is -1.81. The summed E-state index contributed by atoms with van der Waals surface area (Å²) in [6.45, 7) is 3.92. The molecule has 96 valence electrons. The molecule has 2 aromatic rings. The fourth-order valence-corrected chi connectivity index (χ4v) is 2.02. The Morgan fingerprint density at radius 1 is 1.28 bits per heavy atom. The van der Waals surface area contributed by atoms with Gasteiger partial charge >= 0.3 is 0 Å². The smallest absolute Gasteiger partial charge is 0.134 e. The number of aromatic nitrogens is 1. The van der Waals surface area contributed by atoms with E-state index >= 15 is 0 Å². The zero-order valence-electron chi connectivity index (χ0n) is 11.2. The van der Waals surface area contributed by atoms with Crippen molar-refractivity contribution in [3.8, 4) is 0 Å². The minimum absolute atomic E-state index is 0.800. The van der Waals surface area contributed by atoms with Gasteiger partial charge in [0.1, 0.15) is 5.82 Å². The van der Waals surface area contributed by atoms with Crippen LogP contribution in [-0.2, 0) is 0 Å². The summed E-state index contributed by atoms with van der Waals surface area (Å²) < 4.78 is 0. The number of pyridine rings is 1. The second-order valence-corrected chi connectivity index (χ2v) is 4.78. The van der Waals surface area contributed by atoms with Crippen LogP contribution in [0.4, 0.5) is 11.5 Å². The van der Waals surface area contributed by atoms with Crippen molar-refractivity contribution in [3.63, 3.8) is 0 Å². The van der Waals surface area contributed by atoms with Gasteiger partial charge in [-0.05, 0) is 38.7 Å². The first kappa shape index (κ1) is 12.6. The summed E-state index contributed by atoms with van der Waals surface area (Å²) in [4.78, 5) is 6.56. The number of rotatable bonds is 4. The molecule has 4 nitrogen and oxygen atoms in total. The molecule has 1 aromatic heterocycles. The number of hydrogen-bond acceptors (Lipinski definition) is 4. The van der Waals surface area contributed by atoms with Crippen molar-refractivity contribution < 1.29 is 0 Å². The molecule has 0 unspecified atom stereocenters. The van der Waals surface area contributed by atoms with Crippen molar-refractivity contribution in [2.24, 2.45) is 0 Å². The van der Waals surface area contributed by atoms with E-state index in [0.29, 0.717) is 0 Å². The average molecular weight is 244 g/mol. The van der Waals surface area contributed by atoms with Gasteiger partial charge in [-0.2, -0.15) is 0 Å². The van der Waals surface area contributed by atoms with Gasteiger partial charge in [0.2, 0.25) is 0 Å². The summed E-state index contributed by atoms with van der Waals surface area (Å²) in [7, 11) is 4.11. The van der Waals surface area contributed by atoms with Gasteiger partial charge < -0.3 is 16.0 Å². The number of likely N-dealkylation sites (N-methyl/N-ethyl adjacent to an activating group) is 1. The molecule has 0 aliphatic carbocycles. The molecule has 0 radical (unpaired) electrons.